The number of nitrogens with zero attached hydrogens (tertiary/aromatic N) is 6. The number of aromatic nitrogens is 3. The maximum absolute atomic E-state index is 8.77. The smallest absolute Gasteiger partial charge is 0.403 e. The van der Waals surface area contributed by atoms with Gasteiger partial charge in [0.1, 0.15) is 0 Å². The monoisotopic (exact) mass is 370 g/mol. The van der Waals surface area contributed by atoms with E-state index in [4.69, 9.17) is 19.2 Å². The van der Waals surface area contributed by atoms with Crippen LogP contribution < -0.4 is 14.4 Å². The fourth-order valence-corrected chi connectivity index (χ4v) is 2.04. The van der Waals surface area contributed by atoms with Crippen LogP contribution in [0.2, 0.25) is 0 Å². The number of hydrogen-bond acceptors (Lipinski definition) is 6. The third-order valence-corrected chi connectivity index (χ3v) is 3.24. The zero-order chi connectivity index (χ0) is 19.0. The average Bonchev–Trinajstić information content (AvgIpc) is 2.85. The van der Waals surface area contributed by atoms with Gasteiger partial charge >= 0.3 is 5.95 Å². The molecule has 2 aromatic rings. The van der Waals surface area contributed by atoms with Crippen molar-refractivity contribution in [1.29, 1.82) is 0 Å². The van der Waals surface area contributed by atoms with Crippen LogP contribution in [0.3, 0.4) is 0 Å². The average molecular weight is 370 g/mol. The predicted octanol–water partition coefficient (Wildman–Crippen LogP) is 0.946. The van der Waals surface area contributed by atoms with Gasteiger partial charge in [0, 0.05) is 23.9 Å². The van der Waals surface area contributed by atoms with Gasteiger partial charge in [-0.3, -0.25) is 4.57 Å². The highest BCUT2D eigenvalue weighted by molar-refractivity contribution is 7.43. The van der Waals surface area contributed by atoms with Gasteiger partial charge < -0.3 is 19.6 Å². The standard InChI is InChI=1S/C14H21N6.H3O4P/c1-5-20(6-2)13-9-7-12(8-10-13)16-17-14-18(3)11-15-19(14)4;1-5(2,3)4/h7-11H,5-6H2,1-4H3;(H3,1,2,3,4)/q+1;/p-1. The molecule has 0 saturated heterocycles. The maximum Gasteiger partial charge on any atom is 0.403 e. The van der Waals surface area contributed by atoms with Gasteiger partial charge in [-0.25, -0.2) is 4.57 Å². The molecule has 11 heteroatoms. The molecule has 0 amide bonds. The maximum atomic E-state index is 8.77. The second-order valence-corrected chi connectivity index (χ2v) is 6.03. The molecule has 1 aromatic carbocycles. The predicted molar refractivity (Wildman–Crippen MR) is 90.6 cm³/mol. The Hall–Kier alpha value is -2.13. The minimum Gasteiger partial charge on any atom is -0.756 e. The summed E-state index contributed by atoms with van der Waals surface area (Å²) >= 11 is 0. The van der Waals surface area contributed by atoms with Crippen LogP contribution in [0, 0.1) is 0 Å². The van der Waals surface area contributed by atoms with E-state index in [0.717, 1.165) is 18.8 Å². The van der Waals surface area contributed by atoms with E-state index in [1.807, 2.05) is 30.8 Å². The Bertz CT molecular complexity index is 709. The molecule has 1 heterocycles. The molecule has 1 aromatic heterocycles. The topological polar surface area (TPSA) is 130 Å². The van der Waals surface area contributed by atoms with Crippen molar-refractivity contribution in [3.05, 3.63) is 30.6 Å². The van der Waals surface area contributed by atoms with Crippen molar-refractivity contribution in [2.75, 3.05) is 18.0 Å². The minimum atomic E-state index is -4.89. The molecule has 0 bridgehead atoms. The van der Waals surface area contributed by atoms with Crippen LogP contribution >= 0.6 is 7.82 Å². The first-order valence-electron chi connectivity index (χ1n) is 7.56. The molecule has 10 nitrogen and oxygen atoms in total. The van der Waals surface area contributed by atoms with E-state index < -0.39 is 7.82 Å². The molecule has 0 aliphatic carbocycles. The number of benzene rings is 1. The summed E-state index contributed by atoms with van der Waals surface area (Å²) in [5.41, 5.74) is 2.04. The summed E-state index contributed by atoms with van der Waals surface area (Å²) in [6.07, 6.45) is 1.71. The Morgan fingerprint density at radius 1 is 1.24 bits per heavy atom. The molecule has 0 aliphatic rings. The first kappa shape index (κ1) is 20.9. The van der Waals surface area contributed by atoms with Crippen molar-refractivity contribution in [2.45, 2.75) is 13.8 Å². The Morgan fingerprint density at radius 3 is 2.16 bits per heavy atom. The Morgan fingerprint density at radius 2 is 1.76 bits per heavy atom. The summed E-state index contributed by atoms with van der Waals surface area (Å²) < 4.78 is 12.3. The zero-order valence-electron chi connectivity index (χ0n) is 14.6. The highest BCUT2D eigenvalue weighted by atomic mass is 31.2. The minimum absolute atomic E-state index is 0.706. The van der Waals surface area contributed by atoms with E-state index >= 15 is 0 Å². The summed E-state index contributed by atoms with van der Waals surface area (Å²) in [7, 11) is -1.15. The summed E-state index contributed by atoms with van der Waals surface area (Å²) in [5.74, 6) is 0.706. The molecule has 0 saturated carbocycles. The fraction of sp³-hybridized carbons (Fsp3) is 0.429. The highest BCUT2D eigenvalue weighted by Crippen LogP contribution is 2.21. The molecule has 0 radical (unpaired) electrons. The van der Waals surface area contributed by atoms with Gasteiger partial charge in [0.15, 0.2) is 0 Å². The van der Waals surface area contributed by atoms with Crippen molar-refractivity contribution >= 4 is 25.1 Å². The lowest BCUT2D eigenvalue weighted by atomic mass is 10.2. The number of rotatable bonds is 5. The molecular weight excluding hydrogens is 347 g/mol. The van der Waals surface area contributed by atoms with Crippen LogP contribution in [-0.2, 0) is 18.7 Å². The van der Waals surface area contributed by atoms with Crippen molar-refractivity contribution in [3.8, 4) is 0 Å². The number of phosphoric acid groups is 1. The zero-order valence-corrected chi connectivity index (χ0v) is 15.5. The van der Waals surface area contributed by atoms with Crippen molar-refractivity contribution in [3.63, 3.8) is 0 Å². The molecule has 0 unspecified atom stereocenters. The number of anilines is 1. The Labute approximate surface area is 146 Å². The molecule has 0 spiro atoms. The summed E-state index contributed by atoms with van der Waals surface area (Å²) in [6, 6.07) is 8.11. The van der Waals surface area contributed by atoms with Crippen LogP contribution in [-0.4, -0.2) is 32.7 Å². The van der Waals surface area contributed by atoms with Gasteiger partial charge in [-0.15, -0.1) is 4.68 Å². The SMILES string of the molecule is CCN(CC)c1ccc(N=Nc2n(C)nc[n+]2C)cc1.O=P([O-])(O)O. The number of hydrogen-bond donors (Lipinski definition) is 2. The molecule has 0 fully saturated rings. The summed E-state index contributed by atoms with van der Waals surface area (Å²) in [5, 5.41) is 12.6. The van der Waals surface area contributed by atoms with E-state index in [1.165, 1.54) is 5.69 Å². The third-order valence-electron chi connectivity index (χ3n) is 3.24. The van der Waals surface area contributed by atoms with Crippen molar-refractivity contribution in [1.82, 2.24) is 9.78 Å². The molecular formula is C14H23N6O4P. The largest absolute Gasteiger partial charge is 0.756 e. The molecule has 2 N–H and O–H groups in total. The molecule has 25 heavy (non-hydrogen) atoms. The van der Waals surface area contributed by atoms with Crippen molar-refractivity contribution < 1.29 is 23.8 Å². The lowest BCUT2D eigenvalue weighted by Gasteiger charge is -2.20. The van der Waals surface area contributed by atoms with Crippen LogP contribution in [0.5, 0.6) is 0 Å². The van der Waals surface area contributed by atoms with Gasteiger partial charge in [0.25, 0.3) is 7.82 Å². The van der Waals surface area contributed by atoms with E-state index in [2.05, 4.69) is 46.2 Å². The first-order valence-corrected chi connectivity index (χ1v) is 9.09. The van der Waals surface area contributed by atoms with Crippen LogP contribution in [0.15, 0.2) is 40.8 Å². The van der Waals surface area contributed by atoms with Gasteiger partial charge in [-0.2, -0.15) is 0 Å². The van der Waals surface area contributed by atoms with E-state index in [1.54, 1.807) is 11.0 Å². The lowest BCUT2D eigenvalue weighted by Crippen LogP contribution is -2.25. The van der Waals surface area contributed by atoms with Gasteiger partial charge in [0.05, 0.1) is 19.8 Å². The van der Waals surface area contributed by atoms with E-state index in [-0.39, 0.29) is 0 Å². The van der Waals surface area contributed by atoms with Crippen LogP contribution in [0.1, 0.15) is 13.8 Å². The van der Waals surface area contributed by atoms with Gasteiger partial charge in [-0.05, 0) is 43.2 Å². The number of azo groups is 1. The van der Waals surface area contributed by atoms with E-state index in [0.29, 0.717) is 5.95 Å². The van der Waals surface area contributed by atoms with Gasteiger partial charge in [-0.1, -0.05) is 5.11 Å². The van der Waals surface area contributed by atoms with Crippen LogP contribution in [0.4, 0.5) is 17.3 Å². The molecule has 2 rings (SSSR count). The summed E-state index contributed by atoms with van der Waals surface area (Å²) in [4.78, 5) is 25.2. The first-order chi connectivity index (χ1) is 11.7. The fourth-order valence-electron chi connectivity index (χ4n) is 2.04. The second kappa shape index (κ2) is 9.38. The van der Waals surface area contributed by atoms with Gasteiger partial charge in [0.2, 0.25) is 6.33 Å². The normalized spacial score (nSPS) is 11.3. The lowest BCUT2D eigenvalue weighted by molar-refractivity contribution is -0.659. The third kappa shape index (κ3) is 7.53. The quantitative estimate of drug-likeness (QED) is 0.458. The molecule has 0 atom stereocenters. The Balaban J connectivity index is 0.000000550. The second-order valence-electron chi connectivity index (χ2n) is 5.04. The van der Waals surface area contributed by atoms with Crippen molar-refractivity contribution in [2.24, 2.45) is 24.3 Å². The number of aryl methyl sites for hydroxylation is 2. The van der Waals surface area contributed by atoms with Crippen LogP contribution in [0.25, 0.3) is 0 Å². The highest BCUT2D eigenvalue weighted by Gasteiger charge is 2.11. The molecule has 0 aliphatic heterocycles. The molecule has 138 valence electrons. The van der Waals surface area contributed by atoms with E-state index in [9.17, 15) is 0 Å². The Kier molecular flexibility index (Phi) is 7.85. The summed E-state index contributed by atoms with van der Waals surface area (Å²) in [6.45, 7) is 6.31.